The number of hydrogen-bond acceptors (Lipinski definition) is 4. The molecule has 5 nitrogen and oxygen atoms in total. The highest BCUT2D eigenvalue weighted by atomic mass is 16.3. The lowest BCUT2D eigenvalue weighted by Gasteiger charge is -2.34. The average molecular weight is 275 g/mol. The lowest BCUT2D eigenvalue weighted by atomic mass is 10.1. The fraction of sp³-hybridized carbons (Fsp3) is 0.467. The summed E-state index contributed by atoms with van der Waals surface area (Å²) in [6.07, 6.45) is 1.33. The van der Waals surface area contributed by atoms with Crippen molar-refractivity contribution in [3.63, 3.8) is 0 Å². The average Bonchev–Trinajstić information content (AvgIpc) is 2.41. The van der Waals surface area contributed by atoms with E-state index in [1.165, 1.54) is 6.20 Å². The van der Waals surface area contributed by atoms with Gasteiger partial charge in [-0.2, -0.15) is 0 Å². The highest BCUT2D eigenvalue weighted by Gasteiger charge is 2.24. The van der Waals surface area contributed by atoms with Gasteiger partial charge in [0.15, 0.2) is 0 Å². The number of aromatic nitrogens is 1. The molecule has 0 saturated carbocycles. The lowest BCUT2D eigenvalue weighted by Crippen LogP contribution is -2.49. The van der Waals surface area contributed by atoms with Crippen LogP contribution in [-0.4, -0.2) is 58.5 Å². The summed E-state index contributed by atoms with van der Waals surface area (Å²) in [6, 6.07) is 1.64. The van der Waals surface area contributed by atoms with Crippen molar-refractivity contribution in [3.8, 4) is 5.75 Å². The van der Waals surface area contributed by atoms with Crippen LogP contribution in [0.5, 0.6) is 5.75 Å². The molecule has 20 heavy (non-hydrogen) atoms. The normalized spacial score (nSPS) is 16.2. The van der Waals surface area contributed by atoms with E-state index in [1.54, 1.807) is 17.9 Å². The Kier molecular flexibility index (Phi) is 4.39. The summed E-state index contributed by atoms with van der Waals surface area (Å²) >= 11 is 0. The third-order valence-electron chi connectivity index (χ3n) is 3.40. The van der Waals surface area contributed by atoms with Gasteiger partial charge < -0.3 is 10.0 Å². The Balaban J connectivity index is 2.01. The molecule has 2 heterocycles. The molecule has 1 aliphatic rings. The minimum absolute atomic E-state index is 0.0510. The lowest BCUT2D eigenvalue weighted by molar-refractivity contribution is 0.0644. The van der Waals surface area contributed by atoms with Crippen molar-refractivity contribution in [2.75, 3.05) is 32.7 Å². The monoisotopic (exact) mass is 275 g/mol. The van der Waals surface area contributed by atoms with Gasteiger partial charge in [0.25, 0.3) is 5.91 Å². The van der Waals surface area contributed by atoms with Crippen molar-refractivity contribution in [2.45, 2.75) is 13.8 Å². The van der Waals surface area contributed by atoms with Gasteiger partial charge in [0, 0.05) is 38.4 Å². The largest absolute Gasteiger partial charge is 0.505 e. The molecule has 1 amide bonds. The predicted molar refractivity (Wildman–Crippen MR) is 77.8 cm³/mol. The molecule has 0 unspecified atom stereocenters. The highest BCUT2D eigenvalue weighted by molar-refractivity contribution is 5.96. The summed E-state index contributed by atoms with van der Waals surface area (Å²) in [7, 11) is 0. The Morgan fingerprint density at radius 1 is 1.40 bits per heavy atom. The van der Waals surface area contributed by atoms with Crippen LogP contribution in [0.25, 0.3) is 0 Å². The predicted octanol–water partition coefficient (Wildman–Crippen LogP) is 1.43. The minimum atomic E-state index is -0.122. The van der Waals surface area contributed by atoms with Crippen molar-refractivity contribution in [1.82, 2.24) is 14.8 Å². The number of nitrogens with zero attached hydrogens (tertiary/aromatic N) is 3. The maximum absolute atomic E-state index is 12.4. The van der Waals surface area contributed by atoms with E-state index in [9.17, 15) is 9.90 Å². The number of piperazine rings is 1. The number of rotatable bonds is 3. The Morgan fingerprint density at radius 2 is 2.05 bits per heavy atom. The summed E-state index contributed by atoms with van der Waals surface area (Å²) in [5.74, 6) is -0.173. The maximum atomic E-state index is 12.4. The Labute approximate surface area is 119 Å². The molecular formula is C15H21N3O2. The fourth-order valence-corrected chi connectivity index (χ4v) is 2.39. The summed E-state index contributed by atoms with van der Waals surface area (Å²) < 4.78 is 0. The molecule has 108 valence electrons. The molecule has 0 radical (unpaired) electrons. The van der Waals surface area contributed by atoms with Gasteiger partial charge >= 0.3 is 0 Å². The number of amides is 1. The van der Waals surface area contributed by atoms with E-state index in [1.807, 2.05) is 6.92 Å². The second-order valence-electron chi connectivity index (χ2n) is 5.37. The molecule has 0 aromatic carbocycles. The SMILES string of the molecule is C=C(C)CN1CCN(C(=O)c2cc(C)ncc2O)CC1. The fourth-order valence-electron chi connectivity index (χ4n) is 2.39. The van der Waals surface area contributed by atoms with E-state index in [2.05, 4.69) is 16.5 Å². The number of aryl methyl sites for hydroxylation is 1. The van der Waals surface area contributed by atoms with E-state index in [0.29, 0.717) is 18.7 Å². The maximum Gasteiger partial charge on any atom is 0.257 e. The molecule has 0 spiro atoms. The van der Waals surface area contributed by atoms with Crippen molar-refractivity contribution < 1.29 is 9.90 Å². The quantitative estimate of drug-likeness (QED) is 0.848. The van der Waals surface area contributed by atoms with Crippen LogP contribution in [0.1, 0.15) is 23.0 Å². The molecule has 1 fully saturated rings. The van der Waals surface area contributed by atoms with Gasteiger partial charge in [0.1, 0.15) is 5.75 Å². The Morgan fingerprint density at radius 3 is 2.65 bits per heavy atom. The zero-order valence-corrected chi connectivity index (χ0v) is 12.1. The molecule has 0 aliphatic carbocycles. The van der Waals surface area contributed by atoms with Gasteiger partial charge in [0.05, 0.1) is 11.8 Å². The van der Waals surface area contributed by atoms with Crippen LogP contribution in [0.3, 0.4) is 0 Å². The zero-order chi connectivity index (χ0) is 14.7. The first kappa shape index (κ1) is 14.5. The molecule has 5 heteroatoms. The highest BCUT2D eigenvalue weighted by Crippen LogP contribution is 2.19. The molecule has 1 aromatic rings. The Bertz CT molecular complexity index is 520. The second-order valence-corrected chi connectivity index (χ2v) is 5.37. The van der Waals surface area contributed by atoms with Crippen LogP contribution in [0.2, 0.25) is 0 Å². The molecule has 2 rings (SSSR count). The molecule has 1 aliphatic heterocycles. The molecule has 1 saturated heterocycles. The van der Waals surface area contributed by atoms with E-state index in [4.69, 9.17) is 0 Å². The summed E-state index contributed by atoms with van der Waals surface area (Å²) in [6.45, 7) is 11.6. The van der Waals surface area contributed by atoms with Gasteiger partial charge in [-0.05, 0) is 19.9 Å². The van der Waals surface area contributed by atoms with Gasteiger partial charge in [-0.3, -0.25) is 14.7 Å². The number of hydrogen-bond donors (Lipinski definition) is 1. The second kappa shape index (κ2) is 6.05. The van der Waals surface area contributed by atoms with Crippen LogP contribution in [0.4, 0.5) is 0 Å². The van der Waals surface area contributed by atoms with Crippen molar-refractivity contribution in [1.29, 1.82) is 0 Å². The van der Waals surface area contributed by atoms with Crippen LogP contribution in [-0.2, 0) is 0 Å². The van der Waals surface area contributed by atoms with Gasteiger partial charge in [-0.1, -0.05) is 12.2 Å². The van der Waals surface area contributed by atoms with Crippen LogP contribution in [0.15, 0.2) is 24.4 Å². The molecule has 0 bridgehead atoms. The van der Waals surface area contributed by atoms with E-state index >= 15 is 0 Å². The first-order valence-electron chi connectivity index (χ1n) is 6.79. The van der Waals surface area contributed by atoms with Gasteiger partial charge in [-0.25, -0.2) is 0 Å². The zero-order valence-electron chi connectivity index (χ0n) is 12.1. The molecular weight excluding hydrogens is 254 g/mol. The van der Waals surface area contributed by atoms with Crippen molar-refractivity contribution in [2.24, 2.45) is 0 Å². The topological polar surface area (TPSA) is 56.7 Å². The number of carbonyl (C=O) groups excluding carboxylic acids is 1. The number of carbonyl (C=O) groups is 1. The molecule has 1 aromatic heterocycles. The smallest absolute Gasteiger partial charge is 0.257 e. The van der Waals surface area contributed by atoms with Crippen molar-refractivity contribution >= 4 is 5.91 Å². The third-order valence-corrected chi connectivity index (χ3v) is 3.40. The van der Waals surface area contributed by atoms with E-state index in [-0.39, 0.29) is 11.7 Å². The number of pyridine rings is 1. The van der Waals surface area contributed by atoms with Gasteiger partial charge in [-0.15, -0.1) is 0 Å². The minimum Gasteiger partial charge on any atom is -0.505 e. The van der Waals surface area contributed by atoms with Gasteiger partial charge in [0.2, 0.25) is 0 Å². The van der Waals surface area contributed by atoms with E-state index < -0.39 is 0 Å². The first-order valence-corrected chi connectivity index (χ1v) is 6.79. The van der Waals surface area contributed by atoms with Crippen LogP contribution >= 0.6 is 0 Å². The number of aromatic hydroxyl groups is 1. The summed E-state index contributed by atoms with van der Waals surface area (Å²) in [4.78, 5) is 20.4. The molecule has 0 atom stereocenters. The van der Waals surface area contributed by atoms with Crippen molar-refractivity contribution in [3.05, 3.63) is 35.7 Å². The summed E-state index contributed by atoms with van der Waals surface area (Å²) in [5.41, 5.74) is 2.20. The molecule has 1 N–H and O–H groups in total. The van der Waals surface area contributed by atoms with Crippen LogP contribution in [0, 0.1) is 6.92 Å². The summed E-state index contributed by atoms with van der Waals surface area (Å²) in [5, 5.41) is 9.77. The first-order chi connectivity index (χ1) is 9.47. The van der Waals surface area contributed by atoms with Crippen LogP contribution < -0.4 is 0 Å². The standard InChI is InChI=1S/C15H21N3O2/c1-11(2)10-17-4-6-18(7-5-17)15(20)13-8-12(3)16-9-14(13)19/h8-9,19H,1,4-7,10H2,2-3H3. The Hall–Kier alpha value is -1.88. The third kappa shape index (κ3) is 3.36. The van der Waals surface area contributed by atoms with E-state index in [0.717, 1.165) is 30.9 Å².